The molecule has 1 aliphatic carbocycles. The zero-order valence-corrected chi connectivity index (χ0v) is 29.0. The lowest BCUT2D eigenvalue weighted by Crippen LogP contribution is -2.39. The van der Waals surface area contributed by atoms with Crippen molar-refractivity contribution < 1.29 is 36.3 Å². The fourth-order valence-electron chi connectivity index (χ4n) is 6.88. The summed E-state index contributed by atoms with van der Waals surface area (Å²) >= 11 is 0. The van der Waals surface area contributed by atoms with Gasteiger partial charge in [-0.15, -0.1) is 0 Å². The fraction of sp³-hybridized carbons (Fsp3) is 0.600. The van der Waals surface area contributed by atoms with Gasteiger partial charge < -0.3 is 30.3 Å². The van der Waals surface area contributed by atoms with Gasteiger partial charge in [-0.3, -0.25) is 14.3 Å². The Balaban J connectivity index is 1.19. The van der Waals surface area contributed by atoms with Crippen molar-refractivity contribution in [3.05, 3.63) is 41.5 Å². The Bertz CT molecular complexity index is 1660. The first-order valence-corrected chi connectivity index (χ1v) is 19.0. The number of ether oxygens (including phenoxy) is 2. The summed E-state index contributed by atoms with van der Waals surface area (Å²) in [6.07, 6.45) is 5.26. The van der Waals surface area contributed by atoms with Crippen molar-refractivity contribution in [2.45, 2.75) is 77.2 Å². The summed E-state index contributed by atoms with van der Waals surface area (Å²) in [4.78, 5) is 30.2. The number of hydrogen-bond acceptors (Lipinski definition) is 9. The van der Waals surface area contributed by atoms with Gasteiger partial charge in [0.25, 0.3) is 11.8 Å². The minimum absolute atomic E-state index is 0.0924. The van der Waals surface area contributed by atoms with Crippen molar-refractivity contribution in [1.29, 1.82) is 0 Å². The molecule has 49 heavy (non-hydrogen) atoms. The summed E-state index contributed by atoms with van der Waals surface area (Å²) in [5.41, 5.74) is 9.73. The molecule has 3 aliphatic heterocycles. The number of esters is 1. The van der Waals surface area contributed by atoms with E-state index in [0.717, 1.165) is 31.5 Å². The van der Waals surface area contributed by atoms with Gasteiger partial charge in [-0.1, -0.05) is 20.3 Å². The molecule has 3 heterocycles. The quantitative estimate of drug-likeness (QED) is 0.256. The number of alkyl halides is 2. The van der Waals surface area contributed by atoms with Crippen LogP contribution in [0.25, 0.3) is 0 Å². The molecule has 6 rings (SSSR count). The van der Waals surface area contributed by atoms with Crippen molar-refractivity contribution in [2.75, 3.05) is 65.0 Å². The third-order valence-corrected chi connectivity index (χ3v) is 11.9. The Kier molecular flexibility index (Phi) is 10.0. The highest BCUT2D eigenvalue weighted by Gasteiger charge is 2.45. The van der Waals surface area contributed by atoms with Crippen molar-refractivity contribution >= 4 is 44.6 Å². The van der Waals surface area contributed by atoms with Crippen LogP contribution in [-0.2, 0) is 26.0 Å². The number of rotatable bonds is 12. The van der Waals surface area contributed by atoms with Gasteiger partial charge in [0.2, 0.25) is 10.0 Å². The molecule has 0 radical (unpaired) electrons. The van der Waals surface area contributed by atoms with Crippen LogP contribution in [0, 0.1) is 11.3 Å². The molecule has 4 aliphatic rings. The van der Waals surface area contributed by atoms with Gasteiger partial charge in [-0.2, -0.15) is 0 Å². The lowest BCUT2D eigenvalue weighted by Gasteiger charge is -2.35. The van der Waals surface area contributed by atoms with Crippen LogP contribution >= 0.6 is 0 Å². The van der Waals surface area contributed by atoms with Crippen LogP contribution in [0.2, 0.25) is 0 Å². The minimum Gasteiger partial charge on any atom is -0.491 e. The van der Waals surface area contributed by atoms with Crippen molar-refractivity contribution in [1.82, 2.24) is 0 Å². The zero-order chi connectivity index (χ0) is 35.0. The van der Waals surface area contributed by atoms with Crippen LogP contribution in [0.3, 0.4) is 0 Å². The van der Waals surface area contributed by atoms with E-state index in [4.69, 9.17) is 15.2 Å². The van der Waals surface area contributed by atoms with Crippen LogP contribution < -0.4 is 30.3 Å². The number of nitrogens with one attached hydrogen (secondary N) is 2. The van der Waals surface area contributed by atoms with E-state index in [9.17, 15) is 26.8 Å². The molecule has 1 saturated carbocycles. The van der Waals surface area contributed by atoms with Crippen molar-refractivity contribution in [3.63, 3.8) is 0 Å². The number of carbonyl (C=O) groups is 2. The summed E-state index contributed by atoms with van der Waals surface area (Å²) in [6.45, 7) is 5.73. The average Bonchev–Trinajstić information content (AvgIpc) is 3.64. The maximum absolute atomic E-state index is 13.9. The number of piperidine rings is 2. The van der Waals surface area contributed by atoms with Gasteiger partial charge in [0, 0.05) is 56.7 Å². The molecule has 1 unspecified atom stereocenters. The van der Waals surface area contributed by atoms with E-state index in [-0.39, 0.29) is 44.4 Å². The number of benzene rings is 2. The number of amides is 1. The van der Waals surface area contributed by atoms with Crippen LogP contribution in [-0.4, -0.2) is 77.4 Å². The Hall–Kier alpha value is -3.65. The van der Waals surface area contributed by atoms with Gasteiger partial charge in [0.05, 0.1) is 29.2 Å². The monoisotopic (exact) mass is 703 g/mol. The number of hydrogen-bond donors (Lipinski definition) is 3. The molecular weight excluding hydrogens is 656 g/mol. The van der Waals surface area contributed by atoms with E-state index >= 15 is 0 Å². The second kappa shape index (κ2) is 13.9. The first-order valence-electron chi connectivity index (χ1n) is 17.3. The molecule has 2 atom stereocenters. The SMILES string of the molecule is CCC(C)[C@@H](N)C(=O)OCCS(=O)(=O)Nc1ccc(C(=O)Nc2cc3c(c(N4CCC(F)(F)CC4)c2)OCC3)c(N2CCC3(CC2)CC3)c1. The number of fused-ring (bicyclic) bond motifs is 1. The standard InChI is InChI=1S/C35H47F2N5O6S/c1-3-23(2)30(38)33(44)48-18-19-49(45,46)40-25-4-5-27(28(21-25)41-13-9-34(7-8-34)10-14-41)32(43)39-26-20-24-6-17-47-31(24)29(22-26)42-15-11-35(36,37)12-16-42/h4-5,20-23,30,40H,3,6-19,38H2,1-2H3,(H,39,43)/t23?,30-/m1/s1. The fourth-order valence-corrected chi connectivity index (χ4v) is 7.77. The van der Waals surface area contributed by atoms with Gasteiger partial charge >= 0.3 is 5.97 Å². The number of nitrogens with zero attached hydrogens (tertiary/aromatic N) is 2. The highest BCUT2D eigenvalue weighted by atomic mass is 32.2. The second-order valence-electron chi connectivity index (χ2n) is 14.1. The number of anilines is 4. The summed E-state index contributed by atoms with van der Waals surface area (Å²) in [6, 6.07) is 7.66. The highest BCUT2D eigenvalue weighted by molar-refractivity contribution is 7.92. The van der Waals surface area contributed by atoms with E-state index in [1.54, 1.807) is 24.3 Å². The molecule has 3 fully saturated rings. The Morgan fingerprint density at radius 1 is 0.980 bits per heavy atom. The van der Waals surface area contributed by atoms with Gasteiger partial charge in [-0.25, -0.2) is 17.2 Å². The van der Waals surface area contributed by atoms with E-state index in [1.165, 1.54) is 12.8 Å². The third kappa shape index (κ3) is 8.22. The topological polar surface area (TPSA) is 143 Å². The highest BCUT2D eigenvalue weighted by Crippen LogP contribution is 2.54. The maximum atomic E-state index is 13.9. The molecule has 1 spiro atoms. The molecular formula is C35H47F2N5O6S. The Morgan fingerprint density at radius 3 is 2.31 bits per heavy atom. The average molecular weight is 704 g/mol. The molecule has 0 aromatic heterocycles. The number of carbonyl (C=O) groups excluding carboxylic acids is 2. The largest absolute Gasteiger partial charge is 0.491 e. The number of sulfonamides is 1. The number of halogens is 2. The molecule has 1 amide bonds. The molecule has 2 aromatic carbocycles. The third-order valence-electron chi connectivity index (χ3n) is 10.6. The first-order chi connectivity index (χ1) is 23.3. The van der Waals surface area contributed by atoms with Crippen molar-refractivity contribution in [3.8, 4) is 5.75 Å². The molecule has 2 aromatic rings. The molecule has 14 heteroatoms. The normalized spacial score (nSPS) is 20.6. The summed E-state index contributed by atoms with van der Waals surface area (Å²) in [5, 5.41) is 3.03. The summed E-state index contributed by atoms with van der Waals surface area (Å²) in [7, 11) is -3.90. The van der Waals surface area contributed by atoms with E-state index in [2.05, 4.69) is 14.9 Å². The van der Waals surface area contributed by atoms with Crippen LogP contribution in [0.15, 0.2) is 30.3 Å². The molecule has 4 N–H and O–H groups in total. The molecule has 0 bridgehead atoms. The maximum Gasteiger partial charge on any atom is 0.323 e. The predicted octanol–water partition coefficient (Wildman–Crippen LogP) is 5.15. The summed E-state index contributed by atoms with van der Waals surface area (Å²) < 4.78 is 67.4. The zero-order valence-electron chi connectivity index (χ0n) is 28.2. The van der Waals surface area contributed by atoms with Gasteiger partial charge in [0.1, 0.15) is 24.2 Å². The molecule has 11 nitrogen and oxygen atoms in total. The lowest BCUT2D eigenvalue weighted by molar-refractivity contribution is -0.145. The molecule has 2 saturated heterocycles. The summed E-state index contributed by atoms with van der Waals surface area (Å²) in [5.74, 6) is -3.56. The Morgan fingerprint density at radius 2 is 1.63 bits per heavy atom. The van der Waals surface area contributed by atoms with Crippen LogP contribution in [0.1, 0.15) is 74.7 Å². The lowest BCUT2D eigenvalue weighted by atomic mass is 9.93. The van der Waals surface area contributed by atoms with Gasteiger partial charge in [-0.05, 0) is 67.3 Å². The van der Waals surface area contributed by atoms with Crippen LogP contribution in [0.4, 0.5) is 31.5 Å². The minimum atomic E-state index is -3.90. The molecule has 268 valence electrons. The van der Waals surface area contributed by atoms with Crippen molar-refractivity contribution in [2.24, 2.45) is 17.1 Å². The van der Waals surface area contributed by atoms with E-state index < -0.39 is 33.7 Å². The smallest absolute Gasteiger partial charge is 0.323 e. The van der Waals surface area contributed by atoms with E-state index in [0.29, 0.717) is 58.9 Å². The second-order valence-corrected chi connectivity index (χ2v) is 15.9. The van der Waals surface area contributed by atoms with E-state index in [1.807, 2.05) is 24.8 Å². The number of nitrogens with two attached hydrogens (primary N) is 1. The first kappa shape index (κ1) is 35.2. The van der Waals surface area contributed by atoms with Gasteiger partial charge in [0.15, 0.2) is 0 Å². The predicted molar refractivity (Wildman–Crippen MR) is 185 cm³/mol. The Labute approximate surface area is 286 Å². The van der Waals surface area contributed by atoms with Crippen LogP contribution in [0.5, 0.6) is 5.75 Å².